The summed E-state index contributed by atoms with van der Waals surface area (Å²) < 4.78 is 32.8. The van der Waals surface area contributed by atoms with Gasteiger partial charge >= 0.3 is 0 Å². The molecule has 0 amide bonds. The number of sulfonamides is 1. The Balaban J connectivity index is 1.50. The summed E-state index contributed by atoms with van der Waals surface area (Å²) in [6.07, 6.45) is 0. The fraction of sp³-hybridized carbons (Fsp3) is 0.125. The lowest BCUT2D eigenvalue weighted by atomic mass is 10.1. The first kappa shape index (κ1) is 24.6. The van der Waals surface area contributed by atoms with E-state index in [0.717, 1.165) is 28.3 Å². The Hall–Kier alpha value is -2.49. The monoisotopic (exact) mass is 533 g/mol. The molecule has 0 radical (unpaired) electrons. The molecule has 0 saturated heterocycles. The molecule has 3 aromatic carbocycles. The quantitative estimate of drug-likeness (QED) is 0.199. The van der Waals surface area contributed by atoms with Gasteiger partial charge in [0.2, 0.25) is 10.0 Å². The van der Waals surface area contributed by atoms with E-state index < -0.39 is 10.0 Å². The van der Waals surface area contributed by atoms with Crippen LogP contribution in [0.25, 0.3) is 22.5 Å². The van der Waals surface area contributed by atoms with Crippen molar-refractivity contribution in [3.8, 4) is 28.3 Å². The smallest absolute Gasteiger partial charge is 0.240 e. The Morgan fingerprint density at radius 3 is 2.12 bits per heavy atom. The largest absolute Gasteiger partial charge is 0.497 e. The first-order valence-corrected chi connectivity index (χ1v) is 13.5. The van der Waals surface area contributed by atoms with Gasteiger partial charge in [-0.15, -0.1) is 0 Å². The number of nitrogens with one attached hydrogen (secondary N) is 2. The number of ether oxygens (including phenoxy) is 1. The molecular weight excluding hydrogens is 513 g/mol. The summed E-state index contributed by atoms with van der Waals surface area (Å²) in [4.78, 5) is 8.32. The van der Waals surface area contributed by atoms with E-state index in [4.69, 9.17) is 32.9 Å². The molecule has 1 heterocycles. The van der Waals surface area contributed by atoms with Crippen molar-refractivity contribution in [2.75, 3.05) is 19.4 Å². The van der Waals surface area contributed by atoms with Crippen LogP contribution in [0.5, 0.6) is 5.75 Å². The van der Waals surface area contributed by atoms with Crippen molar-refractivity contribution in [2.45, 2.75) is 10.1 Å². The van der Waals surface area contributed by atoms with E-state index >= 15 is 0 Å². The number of imidazole rings is 1. The third-order valence-electron chi connectivity index (χ3n) is 4.94. The molecule has 0 unspecified atom stereocenters. The van der Waals surface area contributed by atoms with Gasteiger partial charge in [0.15, 0.2) is 5.16 Å². The Bertz CT molecular complexity index is 1360. The Kier molecular flexibility index (Phi) is 7.85. The van der Waals surface area contributed by atoms with E-state index in [1.54, 1.807) is 19.2 Å². The molecule has 0 aliphatic heterocycles. The molecule has 0 atom stereocenters. The van der Waals surface area contributed by atoms with Gasteiger partial charge in [-0.1, -0.05) is 47.1 Å². The minimum Gasteiger partial charge on any atom is -0.497 e. The van der Waals surface area contributed by atoms with Crippen LogP contribution in [0, 0.1) is 0 Å². The number of H-pyrrole nitrogens is 1. The summed E-state index contributed by atoms with van der Waals surface area (Å²) in [6, 6.07) is 21.2. The maximum Gasteiger partial charge on any atom is 0.240 e. The number of methoxy groups -OCH3 is 1. The van der Waals surface area contributed by atoms with Gasteiger partial charge in [-0.3, -0.25) is 0 Å². The van der Waals surface area contributed by atoms with Crippen LogP contribution >= 0.6 is 35.0 Å². The highest BCUT2D eigenvalue weighted by Crippen LogP contribution is 2.34. The van der Waals surface area contributed by atoms with Crippen LogP contribution in [0.4, 0.5) is 0 Å². The number of halogens is 2. The van der Waals surface area contributed by atoms with Gasteiger partial charge in [-0.2, -0.15) is 0 Å². The van der Waals surface area contributed by atoms with E-state index in [-0.39, 0.29) is 11.4 Å². The number of aromatic nitrogens is 2. The molecular formula is C24H21Cl2N3O3S2. The van der Waals surface area contributed by atoms with Crippen LogP contribution in [0.1, 0.15) is 0 Å². The van der Waals surface area contributed by atoms with Gasteiger partial charge in [0, 0.05) is 33.5 Å². The van der Waals surface area contributed by atoms with E-state index in [2.05, 4.69) is 9.71 Å². The molecule has 0 spiro atoms. The van der Waals surface area contributed by atoms with E-state index in [1.807, 2.05) is 48.5 Å². The SMILES string of the molecule is COc1ccc(-c2[nH]c(SCCNS(=O)(=O)c3ccc(Cl)cc3)nc2-c2ccc(Cl)cc2)cc1. The van der Waals surface area contributed by atoms with Gasteiger partial charge in [0.25, 0.3) is 0 Å². The van der Waals surface area contributed by atoms with E-state index in [1.165, 1.54) is 23.9 Å². The summed E-state index contributed by atoms with van der Waals surface area (Å²) in [7, 11) is -1.98. The second-order valence-electron chi connectivity index (χ2n) is 7.20. The summed E-state index contributed by atoms with van der Waals surface area (Å²) in [5.74, 6) is 1.25. The molecule has 0 fully saturated rings. The number of thioether (sulfide) groups is 1. The van der Waals surface area contributed by atoms with Gasteiger partial charge in [0.1, 0.15) is 5.75 Å². The van der Waals surface area contributed by atoms with E-state index in [9.17, 15) is 8.42 Å². The number of aromatic amines is 1. The van der Waals surface area contributed by atoms with Gasteiger partial charge in [-0.05, 0) is 60.7 Å². The molecule has 4 rings (SSSR count). The fourth-order valence-electron chi connectivity index (χ4n) is 3.22. The minimum atomic E-state index is -3.61. The molecule has 10 heteroatoms. The van der Waals surface area contributed by atoms with Crippen LogP contribution in [0.15, 0.2) is 82.8 Å². The topological polar surface area (TPSA) is 84.1 Å². The van der Waals surface area contributed by atoms with Crippen molar-refractivity contribution in [2.24, 2.45) is 0 Å². The summed E-state index contributed by atoms with van der Waals surface area (Å²) in [5, 5.41) is 1.81. The Labute approximate surface area is 212 Å². The highest BCUT2D eigenvalue weighted by atomic mass is 35.5. The molecule has 1 aromatic heterocycles. The minimum absolute atomic E-state index is 0.173. The van der Waals surface area contributed by atoms with Crippen LogP contribution in [0.2, 0.25) is 10.0 Å². The zero-order chi connectivity index (χ0) is 24.1. The van der Waals surface area contributed by atoms with Crippen LogP contribution in [-0.4, -0.2) is 37.8 Å². The molecule has 4 aromatic rings. The Morgan fingerprint density at radius 1 is 0.912 bits per heavy atom. The average molecular weight is 534 g/mol. The first-order chi connectivity index (χ1) is 16.4. The number of hydrogen-bond donors (Lipinski definition) is 2. The molecule has 0 bridgehead atoms. The van der Waals surface area contributed by atoms with Gasteiger partial charge in [-0.25, -0.2) is 18.1 Å². The predicted molar refractivity (Wildman–Crippen MR) is 138 cm³/mol. The maximum absolute atomic E-state index is 12.5. The molecule has 0 aliphatic carbocycles. The van der Waals surface area contributed by atoms with Gasteiger partial charge in [0.05, 0.1) is 23.4 Å². The molecule has 0 saturated carbocycles. The van der Waals surface area contributed by atoms with Crippen molar-refractivity contribution in [1.29, 1.82) is 0 Å². The van der Waals surface area contributed by atoms with Gasteiger partial charge < -0.3 is 9.72 Å². The standard InChI is InChI=1S/C24H21Cl2N3O3S2/c1-32-20-10-4-17(5-11-20)23-22(16-2-6-18(25)7-3-16)28-24(29-23)33-15-14-27-34(30,31)21-12-8-19(26)9-13-21/h2-13,27H,14-15H2,1H3,(H,28,29). The van der Waals surface area contributed by atoms with Crippen molar-refractivity contribution in [3.63, 3.8) is 0 Å². The molecule has 34 heavy (non-hydrogen) atoms. The average Bonchev–Trinajstić information content (AvgIpc) is 3.27. The number of benzene rings is 3. The summed E-state index contributed by atoms with van der Waals surface area (Å²) >= 11 is 13.3. The third-order valence-corrected chi connectivity index (χ3v) is 7.79. The van der Waals surface area contributed by atoms with Crippen molar-refractivity contribution < 1.29 is 13.2 Å². The normalized spacial score (nSPS) is 11.5. The van der Waals surface area contributed by atoms with Crippen molar-refractivity contribution in [1.82, 2.24) is 14.7 Å². The highest BCUT2D eigenvalue weighted by Gasteiger charge is 2.16. The fourth-order valence-corrected chi connectivity index (χ4v) is 5.36. The maximum atomic E-state index is 12.5. The van der Waals surface area contributed by atoms with Crippen LogP contribution in [0.3, 0.4) is 0 Å². The molecule has 176 valence electrons. The number of rotatable bonds is 9. The zero-order valence-corrected chi connectivity index (χ0v) is 21.2. The lowest BCUT2D eigenvalue weighted by Gasteiger charge is -2.06. The lowest BCUT2D eigenvalue weighted by molar-refractivity contribution is 0.415. The first-order valence-electron chi connectivity index (χ1n) is 10.2. The lowest BCUT2D eigenvalue weighted by Crippen LogP contribution is -2.26. The van der Waals surface area contributed by atoms with Crippen molar-refractivity contribution in [3.05, 3.63) is 82.8 Å². The number of hydrogen-bond acceptors (Lipinski definition) is 5. The van der Waals surface area contributed by atoms with E-state index in [0.29, 0.717) is 21.0 Å². The zero-order valence-electron chi connectivity index (χ0n) is 18.1. The molecule has 0 aliphatic rings. The third kappa shape index (κ3) is 5.95. The highest BCUT2D eigenvalue weighted by molar-refractivity contribution is 7.99. The second kappa shape index (κ2) is 10.8. The number of nitrogens with zero attached hydrogens (tertiary/aromatic N) is 1. The summed E-state index contributed by atoms with van der Waals surface area (Å²) in [6.45, 7) is 0.241. The summed E-state index contributed by atoms with van der Waals surface area (Å²) in [5.41, 5.74) is 3.51. The van der Waals surface area contributed by atoms with Crippen LogP contribution < -0.4 is 9.46 Å². The second-order valence-corrected chi connectivity index (χ2v) is 10.9. The predicted octanol–water partition coefficient (Wildman–Crippen LogP) is 6.13. The van der Waals surface area contributed by atoms with Crippen LogP contribution in [-0.2, 0) is 10.0 Å². The molecule has 2 N–H and O–H groups in total. The van der Waals surface area contributed by atoms with Crippen molar-refractivity contribution >= 4 is 45.0 Å². The molecule has 6 nitrogen and oxygen atoms in total. The Morgan fingerprint density at radius 2 is 1.50 bits per heavy atom.